The molecule has 4 rings (SSSR count). The molecule has 2 N–H and O–H groups in total. The van der Waals surface area contributed by atoms with Crippen LogP contribution in [0, 0.1) is 0 Å². The molecular weight excluding hydrogens is 512 g/mol. The lowest BCUT2D eigenvalue weighted by Gasteiger charge is -2.22. The Balaban J connectivity index is 0.951. The molecular formula is C30H42N4O6. The first-order chi connectivity index (χ1) is 19.7. The average molecular weight is 555 g/mol. The van der Waals surface area contributed by atoms with Gasteiger partial charge in [-0.2, -0.15) is 0 Å². The highest BCUT2D eigenvalue weighted by Crippen LogP contribution is 2.27. The highest BCUT2D eigenvalue weighted by Gasteiger charge is 2.27. The molecule has 2 aromatic rings. The van der Waals surface area contributed by atoms with Gasteiger partial charge in [-0.3, -0.25) is 9.80 Å². The lowest BCUT2D eigenvalue weighted by molar-refractivity contribution is 0.0227. The summed E-state index contributed by atoms with van der Waals surface area (Å²) in [5.41, 5.74) is 2.23. The van der Waals surface area contributed by atoms with Crippen molar-refractivity contribution >= 4 is 12.2 Å². The lowest BCUT2D eigenvalue weighted by Crippen LogP contribution is -2.32. The fraction of sp³-hybridized carbons (Fsp3) is 0.533. The molecule has 10 heteroatoms. The molecule has 2 fully saturated rings. The summed E-state index contributed by atoms with van der Waals surface area (Å²) in [7, 11) is 0. The molecule has 0 radical (unpaired) electrons. The zero-order valence-electron chi connectivity index (χ0n) is 23.2. The first-order valence-electron chi connectivity index (χ1n) is 14.3. The molecule has 2 aromatic carbocycles. The molecule has 2 aliphatic rings. The van der Waals surface area contributed by atoms with Crippen LogP contribution in [0.3, 0.4) is 0 Å². The van der Waals surface area contributed by atoms with E-state index in [0.29, 0.717) is 52.6 Å². The maximum atomic E-state index is 12.0. The maximum Gasteiger partial charge on any atom is 0.407 e. The summed E-state index contributed by atoms with van der Waals surface area (Å²) in [5, 5.41) is 5.61. The number of rotatable bonds is 15. The van der Waals surface area contributed by atoms with Crippen LogP contribution in [0.25, 0.3) is 0 Å². The Kier molecular flexibility index (Phi) is 12.5. The summed E-state index contributed by atoms with van der Waals surface area (Å²) in [6, 6.07) is 20.2. The first-order valence-corrected chi connectivity index (χ1v) is 14.3. The number of hydrogen-bond acceptors (Lipinski definition) is 8. The van der Waals surface area contributed by atoms with Gasteiger partial charge in [0.1, 0.15) is 25.7 Å². The third-order valence-corrected chi connectivity index (χ3v) is 7.01. The first kappa shape index (κ1) is 29.8. The average Bonchev–Trinajstić information content (AvgIpc) is 3.65. The predicted octanol–water partition coefficient (Wildman–Crippen LogP) is 4.06. The molecule has 0 bridgehead atoms. The normalized spacial score (nSPS) is 19.4. The molecule has 2 unspecified atom stereocenters. The number of carbonyl (C=O) groups is 2. The summed E-state index contributed by atoms with van der Waals surface area (Å²) in [5.74, 6) is 0. The van der Waals surface area contributed by atoms with Gasteiger partial charge in [-0.05, 0) is 24.0 Å². The van der Waals surface area contributed by atoms with Crippen molar-refractivity contribution in [3.8, 4) is 0 Å². The Morgan fingerprint density at radius 3 is 1.52 bits per heavy atom. The van der Waals surface area contributed by atoms with Crippen LogP contribution in [0.5, 0.6) is 0 Å². The van der Waals surface area contributed by atoms with Gasteiger partial charge < -0.3 is 29.6 Å². The van der Waals surface area contributed by atoms with E-state index in [1.807, 2.05) is 60.7 Å². The zero-order chi connectivity index (χ0) is 27.8. The number of benzene rings is 2. The molecule has 0 spiro atoms. The van der Waals surface area contributed by atoms with Crippen LogP contribution in [0.15, 0.2) is 60.7 Å². The second kappa shape index (κ2) is 16.8. The van der Waals surface area contributed by atoms with Gasteiger partial charge >= 0.3 is 12.2 Å². The Morgan fingerprint density at radius 2 is 1.10 bits per heavy atom. The molecule has 2 aliphatic heterocycles. The van der Waals surface area contributed by atoms with Crippen LogP contribution in [0.1, 0.15) is 49.3 Å². The Hall–Kier alpha value is -3.18. The number of alkyl carbamates (subject to hydrolysis) is 2. The molecule has 10 nitrogen and oxygen atoms in total. The Morgan fingerprint density at radius 1 is 0.675 bits per heavy atom. The van der Waals surface area contributed by atoms with Gasteiger partial charge in [0, 0.05) is 39.3 Å². The summed E-state index contributed by atoms with van der Waals surface area (Å²) >= 11 is 0. The maximum absolute atomic E-state index is 12.0. The van der Waals surface area contributed by atoms with E-state index in [9.17, 15) is 9.59 Å². The summed E-state index contributed by atoms with van der Waals surface area (Å²) in [4.78, 5) is 28.3. The summed E-state index contributed by atoms with van der Waals surface area (Å²) < 4.78 is 22.3. The molecule has 2 atom stereocenters. The Labute approximate surface area is 236 Å². The molecule has 2 saturated heterocycles. The van der Waals surface area contributed by atoms with Gasteiger partial charge in [0.25, 0.3) is 0 Å². The highest BCUT2D eigenvalue weighted by atomic mass is 16.6. The van der Waals surface area contributed by atoms with Gasteiger partial charge in [0.2, 0.25) is 0 Å². The monoisotopic (exact) mass is 554 g/mol. The van der Waals surface area contributed by atoms with Crippen molar-refractivity contribution in [2.24, 2.45) is 0 Å². The third kappa shape index (κ3) is 9.78. The molecule has 2 amide bonds. The minimum atomic E-state index is -0.392. The highest BCUT2D eigenvalue weighted by molar-refractivity contribution is 5.67. The van der Waals surface area contributed by atoms with Crippen molar-refractivity contribution in [1.82, 2.24) is 20.4 Å². The van der Waals surface area contributed by atoms with Crippen molar-refractivity contribution in [1.29, 1.82) is 0 Å². The van der Waals surface area contributed by atoms with Crippen molar-refractivity contribution in [3.63, 3.8) is 0 Å². The van der Waals surface area contributed by atoms with E-state index in [2.05, 4.69) is 20.4 Å². The van der Waals surface area contributed by atoms with Crippen molar-refractivity contribution in [2.45, 2.75) is 38.1 Å². The smallest absolute Gasteiger partial charge is 0.407 e. The second-order valence-electron chi connectivity index (χ2n) is 9.88. The van der Waals surface area contributed by atoms with Crippen LogP contribution in [-0.4, -0.2) is 87.7 Å². The lowest BCUT2D eigenvalue weighted by atomic mass is 10.2. The van der Waals surface area contributed by atoms with Gasteiger partial charge in [0.05, 0.1) is 13.2 Å². The molecule has 0 aliphatic carbocycles. The van der Waals surface area contributed by atoms with E-state index in [1.165, 1.54) is 0 Å². The second-order valence-corrected chi connectivity index (χ2v) is 9.88. The topological polar surface area (TPSA) is 102 Å². The zero-order valence-corrected chi connectivity index (χ0v) is 23.2. The van der Waals surface area contributed by atoms with Gasteiger partial charge in [-0.25, -0.2) is 9.59 Å². The summed E-state index contributed by atoms with van der Waals surface area (Å²) in [6.07, 6.45) is 2.68. The van der Waals surface area contributed by atoms with Crippen molar-refractivity contribution < 1.29 is 28.5 Å². The number of nitrogens with one attached hydrogen (secondary N) is 2. The van der Waals surface area contributed by atoms with Crippen LogP contribution < -0.4 is 10.6 Å². The molecule has 0 aromatic heterocycles. The van der Waals surface area contributed by atoms with E-state index in [4.69, 9.17) is 18.9 Å². The van der Waals surface area contributed by atoms with Crippen molar-refractivity contribution in [2.75, 3.05) is 65.7 Å². The van der Waals surface area contributed by atoms with Crippen LogP contribution in [-0.2, 0) is 18.9 Å². The van der Waals surface area contributed by atoms with E-state index < -0.39 is 12.2 Å². The standard InChI is InChI=1S/C30H42N4O6/c35-29(39-23-19-33-17-21-37-27(33)25-11-5-3-6-12-25)31-15-9-1-2-10-16-32-30(36)40-24-20-34-18-22-38-28(34)26-13-7-4-8-14-26/h3-8,11-14,27-28H,1-2,9-10,15-24H2,(H,31,35)(H,32,36). The number of hydrogen-bond donors (Lipinski definition) is 2. The number of carbonyl (C=O) groups excluding carboxylic acids is 2. The van der Waals surface area contributed by atoms with Gasteiger partial charge in [-0.1, -0.05) is 73.5 Å². The number of unbranched alkanes of at least 4 members (excludes halogenated alkanes) is 3. The van der Waals surface area contributed by atoms with Crippen LogP contribution >= 0.6 is 0 Å². The van der Waals surface area contributed by atoms with E-state index in [-0.39, 0.29) is 12.5 Å². The fourth-order valence-corrected chi connectivity index (χ4v) is 4.91. The van der Waals surface area contributed by atoms with E-state index in [0.717, 1.165) is 49.9 Å². The molecule has 218 valence electrons. The summed E-state index contributed by atoms with van der Waals surface area (Å²) in [6.45, 7) is 6.02. The van der Waals surface area contributed by atoms with Crippen LogP contribution in [0.4, 0.5) is 9.59 Å². The predicted molar refractivity (Wildman–Crippen MR) is 151 cm³/mol. The quantitative estimate of drug-likeness (QED) is 0.318. The number of ether oxygens (including phenoxy) is 4. The minimum absolute atomic E-state index is 0.0816. The molecule has 0 saturated carbocycles. The van der Waals surface area contributed by atoms with E-state index >= 15 is 0 Å². The molecule has 40 heavy (non-hydrogen) atoms. The van der Waals surface area contributed by atoms with Crippen LogP contribution in [0.2, 0.25) is 0 Å². The number of nitrogens with zero attached hydrogens (tertiary/aromatic N) is 2. The van der Waals surface area contributed by atoms with E-state index in [1.54, 1.807) is 0 Å². The van der Waals surface area contributed by atoms with Gasteiger partial charge in [0.15, 0.2) is 0 Å². The van der Waals surface area contributed by atoms with Crippen molar-refractivity contribution in [3.05, 3.63) is 71.8 Å². The number of amides is 2. The minimum Gasteiger partial charge on any atom is -0.448 e. The third-order valence-electron chi connectivity index (χ3n) is 7.01. The Bertz CT molecular complexity index is 930. The van der Waals surface area contributed by atoms with Gasteiger partial charge in [-0.15, -0.1) is 0 Å². The SMILES string of the molecule is O=C(NCCCCCCNC(=O)OCCN1CCOC1c1ccccc1)OCCN1CCOC1c1ccccc1. The fourth-order valence-electron chi connectivity index (χ4n) is 4.91. The molecule has 2 heterocycles. The largest absolute Gasteiger partial charge is 0.448 e.